The Balaban J connectivity index is 1.51. The van der Waals surface area contributed by atoms with Crippen LogP contribution in [0.15, 0.2) is 23.3 Å². The standard InChI is InChI=1S/C34H52O4/c1-22(35)37-21-30(5)16-17-31(6)18-19-33(8)25-10-11-26-29(3,4)28(38-23(2)36)13-14-32(26,7)24(25)12-15-34(33,9)27(31)20-30/h10,12,26-28H,11,13-21H2,1-9H3/t26-,27-,28-,30-,31-,32-,33-,34+/m1/s1. The smallest absolute Gasteiger partial charge is 0.302 e. The summed E-state index contributed by atoms with van der Waals surface area (Å²) in [6, 6.07) is 0. The third-order valence-corrected chi connectivity index (χ3v) is 13.2. The van der Waals surface area contributed by atoms with Gasteiger partial charge >= 0.3 is 11.9 Å². The molecule has 0 amide bonds. The summed E-state index contributed by atoms with van der Waals surface area (Å²) in [5.74, 6) is 0.748. The molecule has 0 spiro atoms. The molecule has 0 bridgehead atoms. The summed E-state index contributed by atoms with van der Waals surface area (Å²) in [5, 5.41) is 0. The van der Waals surface area contributed by atoms with E-state index in [1.54, 1.807) is 18.1 Å². The summed E-state index contributed by atoms with van der Waals surface area (Å²) in [6.07, 6.45) is 15.5. The zero-order chi connectivity index (χ0) is 27.9. The SMILES string of the molecule is CC(=O)OC[C@]1(C)CC[C@]2(C)CC[C@]3(C)C4=CC[C@@H]5C(C)(C)[C@H](OC(C)=O)CC[C@]5(C)C4=CC[C@@]3(C)[C@@H]2C1. The van der Waals surface area contributed by atoms with E-state index < -0.39 is 0 Å². The van der Waals surface area contributed by atoms with E-state index in [1.165, 1.54) is 26.2 Å². The van der Waals surface area contributed by atoms with Crippen LogP contribution in [-0.4, -0.2) is 24.6 Å². The van der Waals surface area contributed by atoms with Gasteiger partial charge in [-0.1, -0.05) is 60.6 Å². The van der Waals surface area contributed by atoms with Crippen LogP contribution in [0.4, 0.5) is 0 Å². The fraction of sp³-hybridized carbons (Fsp3) is 0.824. The number of carbonyl (C=O) groups is 2. The minimum Gasteiger partial charge on any atom is -0.465 e. The third-order valence-electron chi connectivity index (χ3n) is 13.2. The van der Waals surface area contributed by atoms with Gasteiger partial charge in [0.05, 0.1) is 6.61 Å². The zero-order valence-corrected chi connectivity index (χ0v) is 25.6. The highest BCUT2D eigenvalue weighted by Gasteiger charge is 2.66. The van der Waals surface area contributed by atoms with Crippen molar-refractivity contribution < 1.29 is 19.1 Å². The Kier molecular flexibility index (Phi) is 6.41. The first-order valence-corrected chi connectivity index (χ1v) is 15.2. The number of ether oxygens (including phenoxy) is 2. The van der Waals surface area contributed by atoms with Crippen molar-refractivity contribution in [1.82, 2.24) is 0 Å². The maximum Gasteiger partial charge on any atom is 0.302 e. The maximum atomic E-state index is 11.9. The van der Waals surface area contributed by atoms with Gasteiger partial charge in [0.15, 0.2) is 0 Å². The predicted octanol–water partition coefficient (Wildman–Crippen LogP) is 8.20. The number of rotatable bonds is 3. The molecule has 212 valence electrons. The summed E-state index contributed by atoms with van der Waals surface area (Å²) in [5.41, 5.74) is 4.01. The first kappa shape index (κ1) is 28.0. The summed E-state index contributed by atoms with van der Waals surface area (Å²) in [7, 11) is 0. The average Bonchev–Trinajstić information content (AvgIpc) is 2.82. The quantitative estimate of drug-likeness (QED) is 0.349. The highest BCUT2D eigenvalue weighted by atomic mass is 16.5. The van der Waals surface area contributed by atoms with Crippen molar-refractivity contribution in [3.05, 3.63) is 23.3 Å². The molecule has 5 aliphatic rings. The molecule has 4 heteroatoms. The lowest BCUT2D eigenvalue weighted by atomic mass is 9.36. The van der Waals surface area contributed by atoms with E-state index in [0.717, 1.165) is 38.5 Å². The van der Waals surface area contributed by atoms with E-state index in [0.29, 0.717) is 23.9 Å². The molecule has 4 nitrogen and oxygen atoms in total. The lowest BCUT2D eigenvalue weighted by Gasteiger charge is -2.69. The topological polar surface area (TPSA) is 52.6 Å². The Labute approximate surface area is 231 Å². The normalized spacial score (nSPS) is 47.2. The third kappa shape index (κ3) is 3.89. The predicted molar refractivity (Wildman–Crippen MR) is 151 cm³/mol. The summed E-state index contributed by atoms with van der Waals surface area (Å²) >= 11 is 0. The van der Waals surface area contributed by atoms with Crippen LogP contribution in [0.1, 0.15) is 120 Å². The molecule has 0 aliphatic heterocycles. The molecule has 0 aromatic carbocycles. The second-order valence-corrected chi connectivity index (χ2v) is 15.9. The molecule has 5 rings (SSSR count). The van der Waals surface area contributed by atoms with Crippen molar-refractivity contribution in [1.29, 1.82) is 0 Å². The fourth-order valence-corrected chi connectivity index (χ4v) is 10.5. The highest BCUT2D eigenvalue weighted by molar-refractivity contribution is 5.66. The molecule has 0 unspecified atom stereocenters. The molecule has 38 heavy (non-hydrogen) atoms. The van der Waals surface area contributed by atoms with Crippen molar-refractivity contribution in [3.63, 3.8) is 0 Å². The highest BCUT2D eigenvalue weighted by Crippen LogP contribution is 2.74. The Bertz CT molecular complexity index is 1080. The monoisotopic (exact) mass is 524 g/mol. The second-order valence-electron chi connectivity index (χ2n) is 15.9. The molecule has 0 saturated heterocycles. The van der Waals surface area contributed by atoms with Gasteiger partial charge in [0.2, 0.25) is 0 Å². The van der Waals surface area contributed by atoms with Gasteiger partial charge in [-0.15, -0.1) is 0 Å². The van der Waals surface area contributed by atoms with E-state index in [9.17, 15) is 9.59 Å². The first-order valence-electron chi connectivity index (χ1n) is 15.2. The van der Waals surface area contributed by atoms with Crippen LogP contribution in [0.5, 0.6) is 0 Å². The van der Waals surface area contributed by atoms with Gasteiger partial charge in [0.25, 0.3) is 0 Å². The van der Waals surface area contributed by atoms with E-state index >= 15 is 0 Å². The largest absolute Gasteiger partial charge is 0.465 e. The number of allylic oxidation sites excluding steroid dienone is 4. The first-order chi connectivity index (χ1) is 17.5. The fourth-order valence-electron chi connectivity index (χ4n) is 10.5. The van der Waals surface area contributed by atoms with Gasteiger partial charge in [-0.25, -0.2) is 0 Å². The molecular weight excluding hydrogens is 472 g/mol. The van der Waals surface area contributed by atoms with E-state index in [4.69, 9.17) is 9.47 Å². The molecule has 0 aromatic heterocycles. The van der Waals surface area contributed by atoms with Crippen LogP contribution >= 0.6 is 0 Å². The molecular formula is C34H52O4. The average molecular weight is 525 g/mol. The van der Waals surface area contributed by atoms with Crippen molar-refractivity contribution in [2.24, 2.45) is 44.3 Å². The number of esters is 2. The molecule has 0 N–H and O–H groups in total. The zero-order valence-electron chi connectivity index (χ0n) is 25.6. The minimum absolute atomic E-state index is 0.00871. The molecule has 0 heterocycles. The van der Waals surface area contributed by atoms with Crippen molar-refractivity contribution in [2.75, 3.05) is 6.61 Å². The van der Waals surface area contributed by atoms with Gasteiger partial charge in [-0.3, -0.25) is 9.59 Å². The summed E-state index contributed by atoms with van der Waals surface area (Å²) in [4.78, 5) is 23.6. The maximum absolute atomic E-state index is 11.9. The Morgan fingerprint density at radius 3 is 2.18 bits per heavy atom. The van der Waals surface area contributed by atoms with Gasteiger partial charge in [-0.2, -0.15) is 0 Å². The summed E-state index contributed by atoms with van der Waals surface area (Å²) < 4.78 is 11.5. The van der Waals surface area contributed by atoms with Crippen LogP contribution in [0, 0.1) is 44.3 Å². The Morgan fingerprint density at radius 1 is 0.842 bits per heavy atom. The van der Waals surface area contributed by atoms with Crippen LogP contribution < -0.4 is 0 Å². The van der Waals surface area contributed by atoms with Gasteiger partial charge in [-0.05, 0) is 102 Å². The Morgan fingerprint density at radius 2 is 1.53 bits per heavy atom. The number of carbonyl (C=O) groups excluding carboxylic acids is 2. The van der Waals surface area contributed by atoms with E-state index in [2.05, 4.69) is 60.6 Å². The lowest BCUT2D eigenvalue weighted by Crippen LogP contribution is -2.61. The minimum atomic E-state index is -0.161. The van der Waals surface area contributed by atoms with E-state index in [-0.39, 0.29) is 45.1 Å². The van der Waals surface area contributed by atoms with Crippen LogP contribution in [0.2, 0.25) is 0 Å². The van der Waals surface area contributed by atoms with Gasteiger partial charge in [0, 0.05) is 24.7 Å². The number of fused-ring (bicyclic) bond motifs is 7. The van der Waals surface area contributed by atoms with Crippen molar-refractivity contribution in [3.8, 4) is 0 Å². The number of hydrogen-bond acceptors (Lipinski definition) is 4. The molecule has 0 radical (unpaired) electrons. The van der Waals surface area contributed by atoms with Gasteiger partial charge < -0.3 is 9.47 Å². The van der Waals surface area contributed by atoms with Crippen molar-refractivity contribution >= 4 is 11.9 Å². The van der Waals surface area contributed by atoms with Crippen LogP contribution in [0.3, 0.4) is 0 Å². The van der Waals surface area contributed by atoms with Crippen LogP contribution in [0.25, 0.3) is 0 Å². The Hall–Kier alpha value is -1.58. The van der Waals surface area contributed by atoms with Crippen LogP contribution in [-0.2, 0) is 19.1 Å². The molecule has 3 fully saturated rings. The molecule has 5 aliphatic carbocycles. The molecule has 0 aromatic rings. The number of hydrogen-bond donors (Lipinski definition) is 0. The lowest BCUT2D eigenvalue weighted by molar-refractivity contribution is -0.169. The van der Waals surface area contributed by atoms with Gasteiger partial charge in [0.1, 0.15) is 6.10 Å². The van der Waals surface area contributed by atoms with E-state index in [1.807, 2.05) is 0 Å². The van der Waals surface area contributed by atoms with Crippen molar-refractivity contribution in [2.45, 2.75) is 126 Å². The molecule has 8 atom stereocenters. The summed E-state index contributed by atoms with van der Waals surface area (Å²) in [6.45, 7) is 20.9. The molecule has 3 saturated carbocycles. The second kappa shape index (κ2) is 8.71.